The number of rotatable bonds is 7. The molecule has 3 aromatic rings. The molecule has 0 spiro atoms. The average molecular weight is 542 g/mol. The van der Waals surface area contributed by atoms with Crippen LogP contribution in [-0.4, -0.2) is 41.4 Å². The molecule has 2 aliphatic rings. The Morgan fingerprint density at radius 2 is 2.10 bits per heavy atom. The van der Waals surface area contributed by atoms with E-state index in [4.69, 9.17) is 14.6 Å². The Kier molecular flexibility index (Phi) is 7.24. The van der Waals surface area contributed by atoms with Crippen molar-refractivity contribution in [3.63, 3.8) is 0 Å². The molecule has 2 heterocycles. The van der Waals surface area contributed by atoms with Crippen molar-refractivity contribution < 1.29 is 32.5 Å². The first-order valence-corrected chi connectivity index (χ1v) is 12.9. The van der Waals surface area contributed by atoms with Gasteiger partial charge in [-0.3, -0.25) is 4.79 Å². The van der Waals surface area contributed by atoms with Gasteiger partial charge in [-0.25, -0.2) is 14.4 Å². The van der Waals surface area contributed by atoms with Gasteiger partial charge in [0.25, 0.3) is 5.92 Å². The maximum absolute atomic E-state index is 15.2. The molecule has 2 atom stereocenters. The number of anilines is 1. The van der Waals surface area contributed by atoms with Crippen LogP contribution in [0.5, 0.6) is 5.75 Å². The molecule has 5 rings (SSSR count). The first-order valence-electron chi connectivity index (χ1n) is 12.9. The number of hydrogen-bond acceptors (Lipinski definition) is 7. The third kappa shape index (κ3) is 4.93. The second kappa shape index (κ2) is 10.5. The number of aliphatic hydroxyl groups excluding tert-OH is 1. The van der Waals surface area contributed by atoms with Gasteiger partial charge >= 0.3 is 5.97 Å². The molecule has 39 heavy (non-hydrogen) atoms. The number of esters is 1. The topological polar surface area (TPSA) is 93.6 Å². The lowest BCUT2D eigenvalue weighted by molar-refractivity contribution is -0.145. The number of aliphatic hydroxyl groups is 1. The van der Waals surface area contributed by atoms with Gasteiger partial charge in [0.15, 0.2) is 0 Å². The van der Waals surface area contributed by atoms with E-state index in [0.717, 1.165) is 34.0 Å². The number of aryl methyl sites for hydroxylation is 1. The zero-order valence-corrected chi connectivity index (χ0v) is 22.0. The summed E-state index contributed by atoms with van der Waals surface area (Å²) in [5, 5.41) is 13.0. The van der Waals surface area contributed by atoms with Crippen molar-refractivity contribution in [1.29, 1.82) is 0 Å². The molecule has 0 bridgehead atoms. The van der Waals surface area contributed by atoms with E-state index in [9.17, 15) is 13.6 Å². The number of alkyl halides is 2. The summed E-state index contributed by atoms with van der Waals surface area (Å²) >= 11 is 0. The quantitative estimate of drug-likeness (QED) is 0.375. The summed E-state index contributed by atoms with van der Waals surface area (Å²) in [7, 11) is 1.39. The third-order valence-corrected chi connectivity index (χ3v) is 7.48. The summed E-state index contributed by atoms with van der Waals surface area (Å²) in [5.41, 5.74) is 2.80. The van der Waals surface area contributed by atoms with Gasteiger partial charge in [-0.05, 0) is 50.8 Å². The van der Waals surface area contributed by atoms with E-state index in [0.29, 0.717) is 49.3 Å². The SMILES string of the molecule is COC(=O)C1CC=C(c2cc3c(N[C@H](C)c4cccc(C(F)(F)CO)c4F)nc(C)nc3c3c2OCC3)CC1. The molecule has 10 heteroatoms. The van der Waals surface area contributed by atoms with Crippen molar-refractivity contribution in [2.75, 3.05) is 25.6 Å². The van der Waals surface area contributed by atoms with Crippen LogP contribution in [0.4, 0.5) is 19.0 Å². The van der Waals surface area contributed by atoms with Crippen LogP contribution < -0.4 is 10.1 Å². The summed E-state index contributed by atoms with van der Waals surface area (Å²) < 4.78 is 54.4. The number of ether oxygens (including phenoxy) is 2. The third-order valence-electron chi connectivity index (χ3n) is 7.48. The molecular formula is C29H30F3N3O4. The van der Waals surface area contributed by atoms with Crippen LogP contribution >= 0.6 is 0 Å². The number of halogens is 3. The molecule has 206 valence electrons. The standard InChI is InChI=1S/C29H30F3N3O4/c1-15(19-5-4-6-23(24(19)30)29(31,32)14-36)33-27-22-13-21(17-7-9-18(10-8-17)28(37)38-3)26-20(11-12-39-26)25(22)34-16(2)35-27/h4-7,13,15,18,36H,8-12,14H2,1-3H3,(H,33,34,35)/t15-,18?/m1/s1. The van der Waals surface area contributed by atoms with Crippen LogP contribution in [0.1, 0.15) is 60.3 Å². The molecule has 2 N–H and O–H groups in total. The Morgan fingerprint density at radius 3 is 2.79 bits per heavy atom. The van der Waals surface area contributed by atoms with E-state index >= 15 is 4.39 Å². The molecule has 0 fully saturated rings. The molecule has 1 aromatic heterocycles. The van der Waals surface area contributed by atoms with Gasteiger partial charge in [-0.2, -0.15) is 8.78 Å². The maximum Gasteiger partial charge on any atom is 0.308 e. The molecular weight excluding hydrogens is 511 g/mol. The number of benzene rings is 2. The molecule has 7 nitrogen and oxygen atoms in total. The second-order valence-electron chi connectivity index (χ2n) is 10.0. The number of fused-ring (bicyclic) bond motifs is 3. The van der Waals surface area contributed by atoms with Crippen LogP contribution in [0.25, 0.3) is 16.5 Å². The first kappa shape index (κ1) is 26.9. The van der Waals surface area contributed by atoms with Crippen LogP contribution in [0.3, 0.4) is 0 Å². The molecule has 1 unspecified atom stereocenters. The van der Waals surface area contributed by atoms with E-state index in [-0.39, 0.29) is 17.5 Å². The van der Waals surface area contributed by atoms with Crippen molar-refractivity contribution in [3.8, 4) is 5.75 Å². The monoisotopic (exact) mass is 541 g/mol. The predicted molar refractivity (Wildman–Crippen MR) is 140 cm³/mol. The Labute approximate surface area is 224 Å². The largest absolute Gasteiger partial charge is 0.492 e. The number of nitrogens with one attached hydrogen (secondary N) is 1. The Hall–Kier alpha value is -3.66. The summed E-state index contributed by atoms with van der Waals surface area (Å²) in [4.78, 5) is 21.3. The number of allylic oxidation sites excluding steroid dienone is 2. The van der Waals surface area contributed by atoms with Crippen molar-refractivity contribution >= 4 is 28.3 Å². The van der Waals surface area contributed by atoms with Gasteiger partial charge < -0.3 is 19.9 Å². The minimum atomic E-state index is -3.70. The summed E-state index contributed by atoms with van der Waals surface area (Å²) in [6.07, 6.45) is 4.60. The molecule has 0 radical (unpaired) electrons. The number of methoxy groups -OCH3 is 1. The molecule has 1 aliphatic carbocycles. The average Bonchev–Trinajstić information content (AvgIpc) is 3.43. The number of carbonyl (C=O) groups excluding carboxylic acids is 1. The first-order chi connectivity index (χ1) is 18.6. The van der Waals surface area contributed by atoms with E-state index < -0.39 is 30.0 Å². The predicted octanol–water partition coefficient (Wildman–Crippen LogP) is 5.63. The highest BCUT2D eigenvalue weighted by Gasteiger charge is 2.35. The normalized spacial score (nSPS) is 17.8. The fourth-order valence-corrected chi connectivity index (χ4v) is 5.42. The minimum Gasteiger partial charge on any atom is -0.492 e. The zero-order chi connectivity index (χ0) is 27.9. The van der Waals surface area contributed by atoms with Crippen LogP contribution in [0, 0.1) is 18.7 Å². The maximum atomic E-state index is 15.2. The van der Waals surface area contributed by atoms with Gasteiger partial charge in [0.05, 0.1) is 36.8 Å². The number of carbonyl (C=O) groups is 1. The zero-order valence-electron chi connectivity index (χ0n) is 22.0. The van der Waals surface area contributed by atoms with Gasteiger partial charge in [-0.1, -0.05) is 18.2 Å². The van der Waals surface area contributed by atoms with Crippen molar-refractivity contribution in [2.24, 2.45) is 5.92 Å². The van der Waals surface area contributed by atoms with Crippen LogP contribution in [0.15, 0.2) is 30.3 Å². The van der Waals surface area contributed by atoms with E-state index in [1.165, 1.54) is 19.2 Å². The Morgan fingerprint density at radius 1 is 1.31 bits per heavy atom. The van der Waals surface area contributed by atoms with Crippen molar-refractivity contribution in [2.45, 2.75) is 51.5 Å². The Balaban J connectivity index is 1.56. The van der Waals surface area contributed by atoms with Gasteiger partial charge in [0.2, 0.25) is 0 Å². The van der Waals surface area contributed by atoms with Crippen LogP contribution in [-0.2, 0) is 21.9 Å². The Bertz CT molecular complexity index is 1470. The van der Waals surface area contributed by atoms with Crippen LogP contribution in [0.2, 0.25) is 0 Å². The summed E-state index contributed by atoms with van der Waals surface area (Å²) in [6.45, 7) is 2.44. The summed E-state index contributed by atoms with van der Waals surface area (Å²) in [5.74, 6) is -3.46. The molecule has 0 saturated carbocycles. The molecule has 0 saturated heterocycles. The van der Waals surface area contributed by atoms with E-state index in [1.807, 2.05) is 12.1 Å². The second-order valence-corrected chi connectivity index (χ2v) is 10.0. The lowest BCUT2D eigenvalue weighted by Crippen LogP contribution is -2.22. The van der Waals surface area contributed by atoms with Crippen molar-refractivity contribution in [3.05, 3.63) is 64.2 Å². The fraction of sp³-hybridized carbons (Fsp3) is 0.414. The lowest BCUT2D eigenvalue weighted by Gasteiger charge is -2.23. The fourth-order valence-electron chi connectivity index (χ4n) is 5.42. The van der Waals surface area contributed by atoms with Gasteiger partial charge in [-0.15, -0.1) is 0 Å². The highest BCUT2D eigenvalue weighted by molar-refractivity contribution is 5.97. The highest BCUT2D eigenvalue weighted by atomic mass is 19.3. The van der Waals surface area contributed by atoms with Crippen molar-refractivity contribution in [1.82, 2.24) is 9.97 Å². The molecule has 1 aliphatic heterocycles. The van der Waals surface area contributed by atoms with Gasteiger partial charge in [0.1, 0.15) is 29.8 Å². The number of nitrogens with zero attached hydrogens (tertiary/aromatic N) is 2. The van der Waals surface area contributed by atoms with Gasteiger partial charge in [0, 0.05) is 28.5 Å². The number of aromatic nitrogens is 2. The number of hydrogen-bond donors (Lipinski definition) is 2. The highest BCUT2D eigenvalue weighted by Crippen LogP contribution is 2.44. The summed E-state index contributed by atoms with van der Waals surface area (Å²) in [6, 6.07) is 4.98. The smallest absolute Gasteiger partial charge is 0.308 e. The molecule has 0 amide bonds. The minimum absolute atomic E-state index is 0.0265. The van der Waals surface area contributed by atoms with E-state index in [1.54, 1.807) is 13.8 Å². The molecule has 2 aromatic carbocycles. The lowest BCUT2D eigenvalue weighted by atomic mass is 9.85. The van der Waals surface area contributed by atoms with E-state index in [2.05, 4.69) is 15.3 Å².